The highest BCUT2D eigenvalue weighted by atomic mass is 16.6. The van der Waals surface area contributed by atoms with E-state index >= 15 is 0 Å². The van der Waals surface area contributed by atoms with Crippen molar-refractivity contribution in [3.63, 3.8) is 0 Å². The van der Waals surface area contributed by atoms with Crippen LogP contribution in [0.3, 0.4) is 0 Å². The number of nitrogens with zero attached hydrogens (tertiary/aromatic N) is 1. The molecule has 0 bridgehead atoms. The summed E-state index contributed by atoms with van der Waals surface area (Å²) in [6.07, 6.45) is 4.89. The second-order valence-electron chi connectivity index (χ2n) is 1.54. The molecule has 0 spiro atoms. The summed E-state index contributed by atoms with van der Waals surface area (Å²) in [5.41, 5.74) is 11.1. The third-order valence-corrected chi connectivity index (χ3v) is 0.813. The fourth-order valence-corrected chi connectivity index (χ4v) is 0.319. The highest BCUT2D eigenvalue weighted by Gasteiger charge is 1.90. The van der Waals surface area contributed by atoms with E-state index < -0.39 is 0 Å². The van der Waals surface area contributed by atoms with Gasteiger partial charge in [0.25, 0.3) is 0 Å². The number of hydrogen-bond donors (Lipinski definition) is 2. The predicted octanol–water partition coefficient (Wildman–Crippen LogP) is -1.09. The van der Waals surface area contributed by atoms with E-state index in [9.17, 15) is 0 Å². The van der Waals surface area contributed by atoms with Gasteiger partial charge in [-0.2, -0.15) is 0 Å². The van der Waals surface area contributed by atoms with Crippen LogP contribution in [0.4, 0.5) is 0 Å². The second-order valence-corrected chi connectivity index (χ2v) is 1.54. The van der Waals surface area contributed by atoms with Crippen LogP contribution in [0.5, 0.6) is 0 Å². The van der Waals surface area contributed by atoms with Crippen LogP contribution in [0, 0.1) is 12.3 Å². The molecule has 0 aromatic rings. The van der Waals surface area contributed by atoms with Gasteiger partial charge in [-0.3, -0.25) is 0 Å². The molecule has 0 aromatic heterocycles. The van der Waals surface area contributed by atoms with Crippen molar-refractivity contribution in [2.75, 3.05) is 19.7 Å². The van der Waals surface area contributed by atoms with Crippen LogP contribution in [0.2, 0.25) is 0 Å². The smallest absolute Gasteiger partial charge is 0.177 e. The van der Waals surface area contributed by atoms with Gasteiger partial charge in [0, 0.05) is 13.1 Å². The van der Waals surface area contributed by atoms with Crippen LogP contribution in [0.25, 0.3) is 0 Å². The lowest BCUT2D eigenvalue weighted by molar-refractivity contribution is 0.179. The lowest BCUT2D eigenvalue weighted by Gasteiger charge is -1.97. The molecule has 56 valence electrons. The molecule has 0 heterocycles. The van der Waals surface area contributed by atoms with Crippen LogP contribution in [0.1, 0.15) is 0 Å². The quantitative estimate of drug-likeness (QED) is 0.226. The summed E-state index contributed by atoms with van der Waals surface area (Å²) >= 11 is 0. The van der Waals surface area contributed by atoms with Crippen molar-refractivity contribution >= 4 is 5.71 Å². The maximum atomic E-state index is 5.22. The number of rotatable bonds is 4. The summed E-state index contributed by atoms with van der Waals surface area (Å²) < 4.78 is 0. The molecule has 0 radical (unpaired) electrons. The summed E-state index contributed by atoms with van der Waals surface area (Å²) in [5.74, 6) is 2.26. The van der Waals surface area contributed by atoms with Gasteiger partial charge in [-0.25, -0.2) is 0 Å². The highest BCUT2D eigenvalue weighted by Crippen LogP contribution is 1.76. The molecule has 0 saturated heterocycles. The molecule has 10 heavy (non-hydrogen) atoms. The average Bonchev–Trinajstić information content (AvgIpc) is 1.99. The van der Waals surface area contributed by atoms with E-state index in [0.29, 0.717) is 18.8 Å². The van der Waals surface area contributed by atoms with E-state index in [2.05, 4.69) is 15.9 Å². The zero-order valence-corrected chi connectivity index (χ0v) is 5.71. The molecule has 0 aliphatic heterocycles. The highest BCUT2D eigenvalue weighted by molar-refractivity contribution is 5.87. The van der Waals surface area contributed by atoms with Crippen molar-refractivity contribution in [1.29, 1.82) is 0 Å². The molecular formula is C6H11N3O. The average molecular weight is 141 g/mol. The first-order valence-electron chi connectivity index (χ1n) is 2.86. The molecule has 0 unspecified atom stereocenters. The van der Waals surface area contributed by atoms with Gasteiger partial charge in [0.05, 0.1) is 5.71 Å². The Kier molecular flexibility index (Phi) is 5.44. The van der Waals surface area contributed by atoms with E-state index in [1.807, 2.05) is 0 Å². The summed E-state index contributed by atoms with van der Waals surface area (Å²) in [6.45, 7) is 0.769. The van der Waals surface area contributed by atoms with Gasteiger partial charge in [-0.05, 0) is 0 Å². The van der Waals surface area contributed by atoms with Gasteiger partial charge in [0.1, 0.15) is 0 Å². The Bertz CT molecular complexity index is 142. The number of hydrogen-bond acceptors (Lipinski definition) is 4. The molecule has 4 nitrogen and oxygen atoms in total. The Balaban J connectivity index is 3.55. The Hall–Kier alpha value is -1.05. The lowest BCUT2D eigenvalue weighted by Crippen LogP contribution is -2.23. The number of nitrogens with two attached hydrogens (primary N) is 2. The van der Waals surface area contributed by atoms with Crippen molar-refractivity contribution < 1.29 is 4.84 Å². The fraction of sp³-hybridized carbons (Fsp3) is 0.500. The van der Waals surface area contributed by atoms with Gasteiger partial charge in [0.15, 0.2) is 6.61 Å². The van der Waals surface area contributed by atoms with Crippen molar-refractivity contribution in [2.45, 2.75) is 0 Å². The maximum Gasteiger partial charge on any atom is 0.177 e. The summed E-state index contributed by atoms with van der Waals surface area (Å²) in [5, 5.41) is 3.57. The Morgan fingerprint density at radius 1 is 1.50 bits per heavy atom. The molecule has 4 heteroatoms. The summed E-state index contributed by atoms with van der Waals surface area (Å²) in [7, 11) is 0. The van der Waals surface area contributed by atoms with Gasteiger partial charge in [-0.15, -0.1) is 6.42 Å². The van der Waals surface area contributed by atoms with Gasteiger partial charge < -0.3 is 16.3 Å². The van der Waals surface area contributed by atoms with Crippen molar-refractivity contribution in [3.05, 3.63) is 0 Å². The Morgan fingerprint density at radius 2 is 2.10 bits per heavy atom. The third-order valence-electron chi connectivity index (χ3n) is 0.813. The topological polar surface area (TPSA) is 73.6 Å². The molecule has 0 saturated carbocycles. The molecule has 0 aromatic carbocycles. The van der Waals surface area contributed by atoms with Crippen LogP contribution >= 0.6 is 0 Å². The second kappa shape index (κ2) is 6.08. The Morgan fingerprint density at radius 3 is 2.50 bits per heavy atom. The van der Waals surface area contributed by atoms with Gasteiger partial charge in [-0.1, -0.05) is 11.1 Å². The standard InChI is InChI=1S/C6H11N3O/c1-2-3-10-9-6(4-7)5-8/h1H,3-5,7-8H2. The monoisotopic (exact) mass is 141 g/mol. The van der Waals surface area contributed by atoms with E-state index in [4.69, 9.17) is 17.9 Å². The lowest BCUT2D eigenvalue weighted by atomic mass is 10.4. The third kappa shape index (κ3) is 3.89. The minimum Gasteiger partial charge on any atom is -0.383 e. The molecule has 0 aliphatic carbocycles. The van der Waals surface area contributed by atoms with Crippen LogP contribution in [-0.4, -0.2) is 25.4 Å². The molecular weight excluding hydrogens is 130 g/mol. The largest absolute Gasteiger partial charge is 0.383 e. The molecule has 0 rings (SSSR count). The molecule has 0 amide bonds. The van der Waals surface area contributed by atoms with E-state index in [0.717, 1.165) is 0 Å². The maximum absolute atomic E-state index is 5.22. The number of terminal acetylenes is 1. The minimum atomic E-state index is 0.156. The first kappa shape index (κ1) is 8.95. The van der Waals surface area contributed by atoms with Gasteiger partial charge >= 0.3 is 0 Å². The predicted molar refractivity (Wildman–Crippen MR) is 40.3 cm³/mol. The zero-order chi connectivity index (χ0) is 7.82. The number of oxime groups is 1. The summed E-state index contributed by atoms with van der Waals surface area (Å²) in [6, 6.07) is 0. The first-order chi connectivity index (χ1) is 4.85. The van der Waals surface area contributed by atoms with Crippen LogP contribution < -0.4 is 11.5 Å². The molecule has 0 aliphatic rings. The Labute approximate surface area is 60.2 Å². The summed E-state index contributed by atoms with van der Waals surface area (Å²) in [4.78, 5) is 4.62. The fourth-order valence-electron chi connectivity index (χ4n) is 0.319. The van der Waals surface area contributed by atoms with Gasteiger partial charge in [0.2, 0.25) is 0 Å². The van der Waals surface area contributed by atoms with Crippen molar-refractivity contribution in [1.82, 2.24) is 0 Å². The zero-order valence-electron chi connectivity index (χ0n) is 5.71. The molecule has 4 N–H and O–H groups in total. The normalized spacial score (nSPS) is 8.10. The van der Waals surface area contributed by atoms with E-state index in [1.54, 1.807) is 0 Å². The van der Waals surface area contributed by atoms with E-state index in [-0.39, 0.29) is 6.61 Å². The molecule has 0 fully saturated rings. The molecule has 0 atom stereocenters. The minimum absolute atomic E-state index is 0.156. The van der Waals surface area contributed by atoms with Crippen molar-refractivity contribution in [2.24, 2.45) is 16.6 Å². The SMILES string of the molecule is C#CCON=C(CN)CN. The first-order valence-corrected chi connectivity index (χ1v) is 2.86. The van der Waals surface area contributed by atoms with E-state index in [1.165, 1.54) is 0 Å². The van der Waals surface area contributed by atoms with Crippen LogP contribution in [-0.2, 0) is 4.84 Å². The van der Waals surface area contributed by atoms with Crippen molar-refractivity contribution in [3.8, 4) is 12.3 Å². The van der Waals surface area contributed by atoms with Crippen LogP contribution in [0.15, 0.2) is 5.16 Å².